The minimum atomic E-state index is 0.369. The molecule has 1 aromatic carbocycles. The van der Waals surface area contributed by atoms with Gasteiger partial charge in [-0.05, 0) is 25.0 Å². The monoisotopic (exact) mass is 503 g/mol. The first-order chi connectivity index (χ1) is 18.2. The van der Waals surface area contributed by atoms with Crippen molar-refractivity contribution in [2.75, 3.05) is 48.9 Å². The van der Waals surface area contributed by atoms with Crippen LogP contribution in [0.15, 0.2) is 30.7 Å². The zero-order valence-electron chi connectivity index (χ0n) is 21.3. The number of imidazole rings is 1. The van der Waals surface area contributed by atoms with Crippen LogP contribution in [0.25, 0.3) is 22.4 Å². The van der Waals surface area contributed by atoms with Crippen LogP contribution >= 0.6 is 0 Å². The second-order valence-electron chi connectivity index (χ2n) is 9.71. The standard InChI is InChI=1S/C26H33N9O2/c1-34-15-20(27-16-34)23-22-24(28-17-6-4-3-5-7-17)30-26(31-25(22)33-32-23)29-19-9-8-18(14-21(19)36-2)35-10-12-37-13-11-35/h8-9,14-17H,3-7,10-13H2,1-2H3,(H3,28,29,30,31,32,33). The Balaban J connectivity index is 1.35. The van der Waals surface area contributed by atoms with Gasteiger partial charge in [0, 0.05) is 44.1 Å². The molecular weight excluding hydrogens is 470 g/mol. The lowest BCUT2D eigenvalue weighted by atomic mass is 9.95. The highest BCUT2D eigenvalue weighted by Crippen LogP contribution is 2.35. The van der Waals surface area contributed by atoms with Crippen molar-refractivity contribution in [1.82, 2.24) is 29.7 Å². The number of nitrogens with zero attached hydrogens (tertiary/aromatic N) is 6. The Morgan fingerprint density at radius 1 is 1.11 bits per heavy atom. The van der Waals surface area contributed by atoms with Gasteiger partial charge in [0.15, 0.2) is 5.65 Å². The van der Waals surface area contributed by atoms with E-state index in [2.05, 4.69) is 36.8 Å². The molecule has 2 fully saturated rings. The van der Waals surface area contributed by atoms with E-state index >= 15 is 0 Å². The molecule has 0 spiro atoms. The summed E-state index contributed by atoms with van der Waals surface area (Å²) in [4.78, 5) is 16.5. The van der Waals surface area contributed by atoms with Gasteiger partial charge in [0.2, 0.25) is 5.95 Å². The van der Waals surface area contributed by atoms with Crippen molar-refractivity contribution in [2.24, 2.45) is 7.05 Å². The largest absolute Gasteiger partial charge is 0.494 e. The predicted octanol–water partition coefficient (Wildman–Crippen LogP) is 4.09. The molecule has 1 saturated heterocycles. The third-order valence-corrected chi connectivity index (χ3v) is 7.13. The van der Waals surface area contributed by atoms with Crippen molar-refractivity contribution in [3.63, 3.8) is 0 Å². The number of aromatic nitrogens is 6. The highest BCUT2D eigenvalue weighted by molar-refractivity contribution is 5.98. The van der Waals surface area contributed by atoms with Crippen LogP contribution in [-0.4, -0.2) is 69.2 Å². The molecule has 0 radical (unpaired) electrons. The van der Waals surface area contributed by atoms with E-state index in [-0.39, 0.29) is 0 Å². The summed E-state index contributed by atoms with van der Waals surface area (Å²) in [6.45, 7) is 3.20. The summed E-state index contributed by atoms with van der Waals surface area (Å²) in [7, 11) is 3.63. The van der Waals surface area contributed by atoms with E-state index in [0.717, 1.165) is 78.9 Å². The van der Waals surface area contributed by atoms with Gasteiger partial charge in [-0.25, -0.2) is 4.98 Å². The molecule has 3 aromatic heterocycles. The topological polar surface area (TPSA) is 118 Å². The lowest BCUT2D eigenvalue weighted by Crippen LogP contribution is -2.36. The van der Waals surface area contributed by atoms with Gasteiger partial charge in [0.25, 0.3) is 0 Å². The maximum absolute atomic E-state index is 5.73. The molecule has 37 heavy (non-hydrogen) atoms. The Morgan fingerprint density at radius 3 is 2.70 bits per heavy atom. The zero-order valence-corrected chi connectivity index (χ0v) is 21.3. The van der Waals surface area contributed by atoms with E-state index in [1.807, 2.05) is 29.9 Å². The summed E-state index contributed by atoms with van der Waals surface area (Å²) in [6, 6.07) is 6.51. The molecule has 6 rings (SSSR count). The molecule has 0 amide bonds. The SMILES string of the molecule is COc1cc(N2CCOCC2)ccc1Nc1nc(NC2CCCCC2)c2c(-c3cn(C)cn3)[nH]nc2n1. The van der Waals surface area contributed by atoms with E-state index in [4.69, 9.17) is 19.4 Å². The number of fused-ring (bicyclic) bond motifs is 1. The van der Waals surface area contributed by atoms with Crippen molar-refractivity contribution in [3.8, 4) is 17.1 Å². The summed E-state index contributed by atoms with van der Waals surface area (Å²) in [6.07, 6.45) is 9.73. The minimum absolute atomic E-state index is 0.369. The fourth-order valence-corrected chi connectivity index (χ4v) is 5.17. The number of aryl methyl sites for hydroxylation is 1. The van der Waals surface area contributed by atoms with Crippen LogP contribution in [0.3, 0.4) is 0 Å². The van der Waals surface area contributed by atoms with Crippen molar-refractivity contribution in [3.05, 3.63) is 30.7 Å². The van der Waals surface area contributed by atoms with E-state index in [9.17, 15) is 0 Å². The van der Waals surface area contributed by atoms with Crippen molar-refractivity contribution < 1.29 is 9.47 Å². The molecule has 0 atom stereocenters. The van der Waals surface area contributed by atoms with Crippen LogP contribution in [0, 0.1) is 0 Å². The normalized spacial score (nSPS) is 16.8. The molecule has 2 aliphatic rings. The third-order valence-electron chi connectivity index (χ3n) is 7.13. The number of ether oxygens (including phenoxy) is 2. The Hall–Kier alpha value is -3.86. The van der Waals surface area contributed by atoms with Crippen molar-refractivity contribution in [1.29, 1.82) is 0 Å². The molecular formula is C26H33N9O2. The summed E-state index contributed by atoms with van der Waals surface area (Å²) >= 11 is 0. The van der Waals surface area contributed by atoms with Crippen LogP contribution < -0.4 is 20.3 Å². The third kappa shape index (κ3) is 4.91. The maximum atomic E-state index is 5.73. The molecule has 0 unspecified atom stereocenters. The predicted molar refractivity (Wildman–Crippen MR) is 144 cm³/mol. The average molecular weight is 504 g/mol. The Bertz CT molecular complexity index is 1370. The number of aromatic amines is 1. The average Bonchev–Trinajstić information content (AvgIpc) is 3.56. The molecule has 1 aliphatic carbocycles. The summed E-state index contributed by atoms with van der Waals surface area (Å²) in [5.74, 6) is 1.95. The van der Waals surface area contributed by atoms with Crippen molar-refractivity contribution >= 4 is 34.2 Å². The van der Waals surface area contributed by atoms with Gasteiger partial charge in [-0.3, -0.25) is 5.10 Å². The molecule has 4 heterocycles. The van der Waals surface area contributed by atoms with E-state index in [1.165, 1.54) is 19.3 Å². The molecule has 1 saturated carbocycles. The van der Waals surface area contributed by atoms with Gasteiger partial charge in [-0.15, -0.1) is 0 Å². The summed E-state index contributed by atoms with van der Waals surface area (Å²) < 4.78 is 13.1. The van der Waals surface area contributed by atoms with E-state index in [0.29, 0.717) is 17.6 Å². The summed E-state index contributed by atoms with van der Waals surface area (Å²) in [5, 5.41) is 15.6. The van der Waals surface area contributed by atoms with Crippen LogP contribution in [0.5, 0.6) is 5.75 Å². The molecule has 194 valence electrons. The van der Waals surface area contributed by atoms with Gasteiger partial charge in [-0.2, -0.15) is 15.1 Å². The number of methoxy groups -OCH3 is 1. The van der Waals surface area contributed by atoms with Crippen molar-refractivity contribution in [2.45, 2.75) is 38.1 Å². The first-order valence-electron chi connectivity index (χ1n) is 13.0. The lowest BCUT2D eigenvalue weighted by molar-refractivity contribution is 0.122. The van der Waals surface area contributed by atoms with Crippen LogP contribution in [0.2, 0.25) is 0 Å². The van der Waals surface area contributed by atoms with E-state index in [1.54, 1.807) is 13.4 Å². The Labute approximate surface area is 215 Å². The van der Waals surface area contributed by atoms with Crippen LogP contribution in [0.4, 0.5) is 23.1 Å². The molecule has 4 aromatic rings. The highest BCUT2D eigenvalue weighted by atomic mass is 16.5. The second-order valence-corrected chi connectivity index (χ2v) is 9.71. The number of hydrogen-bond donors (Lipinski definition) is 3. The molecule has 0 bridgehead atoms. The number of rotatable bonds is 7. The van der Waals surface area contributed by atoms with E-state index < -0.39 is 0 Å². The number of hydrogen-bond acceptors (Lipinski definition) is 9. The first-order valence-corrected chi connectivity index (χ1v) is 13.0. The van der Waals surface area contributed by atoms with Gasteiger partial charge in [0.05, 0.1) is 43.4 Å². The number of benzene rings is 1. The molecule has 1 aliphatic heterocycles. The molecule has 11 nitrogen and oxygen atoms in total. The lowest BCUT2D eigenvalue weighted by Gasteiger charge is -2.29. The minimum Gasteiger partial charge on any atom is -0.494 e. The van der Waals surface area contributed by atoms with Gasteiger partial charge in [-0.1, -0.05) is 19.3 Å². The van der Waals surface area contributed by atoms with Gasteiger partial charge in [0.1, 0.15) is 17.3 Å². The fourth-order valence-electron chi connectivity index (χ4n) is 5.17. The number of morpholine rings is 1. The number of nitrogens with one attached hydrogen (secondary N) is 3. The van der Waals surface area contributed by atoms with Crippen LogP contribution in [-0.2, 0) is 11.8 Å². The summed E-state index contributed by atoms with van der Waals surface area (Å²) in [5.41, 5.74) is 4.10. The quantitative estimate of drug-likeness (QED) is 0.343. The number of anilines is 4. The second kappa shape index (κ2) is 10.3. The fraction of sp³-hybridized carbons (Fsp3) is 0.462. The first kappa shape index (κ1) is 23.5. The smallest absolute Gasteiger partial charge is 0.231 e. The molecule has 11 heteroatoms. The zero-order chi connectivity index (χ0) is 25.2. The molecule has 3 N–H and O–H groups in total. The van der Waals surface area contributed by atoms with Gasteiger partial charge < -0.3 is 29.6 Å². The van der Waals surface area contributed by atoms with Gasteiger partial charge >= 0.3 is 0 Å². The number of H-pyrrole nitrogens is 1. The maximum Gasteiger partial charge on any atom is 0.231 e. The highest BCUT2D eigenvalue weighted by Gasteiger charge is 2.22. The van der Waals surface area contributed by atoms with Crippen LogP contribution in [0.1, 0.15) is 32.1 Å². The Morgan fingerprint density at radius 2 is 1.95 bits per heavy atom. The Kier molecular flexibility index (Phi) is 6.52.